The number of aromatic nitrogens is 1. The van der Waals surface area contributed by atoms with Crippen molar-refractivity contribution in [2.75, 3.05) is 12.3 Å². The molecule has 1 aliphatic carbocycles. The second-order valence-corrected chi connectivity index (χ2v) is 7.22. The van der Waals surface area contributed by atoms with E-state index in [0.717, 1.165) is 27.9 Å². The van der Waals surface area contributed by atoms with Crippen molar-refractivity contribution in [2.24, 2.45) is 0 Å². The number of fused-ring (bicyclic) bond motifs is 1. The van der Waals surface area contributed by atoms with Crippen molar-refractivity contribution in [1.29, 1.82) is 0 Å². The van der Waals surface area contributed by atoms with E-state index in [9.17, 15) is 4.79 Å². The van der Waals surface area contributed by atoms with Crippen molar-refractivity contribution >= 4 is 33.1 Å². The number of carbonyl (C=O) groups is 1. The van der Waals surface area contributed by atoms with Gasteiger partial charge < -0.3 is 11.1 Å². The number of nitrogens with two attached hydrogens (primary N) is 1. The van der Waals surface area contributed by atoms with Crippen LogP contribution < -0.4 is 11.1 Å². The Morgan fingerprint density at radius 3 is 2.96 bits per heavy atom. The molecule has 1 aliphatic rings. The minimum absolute atomic E-state index is 0.0843. The number of nitrogens with zero attached hydrogens (tertiary/aromatic N) is 1. The first kappa shape index (κ1) is 16.0. The van der Waals surface area contributed by atoms with Gasteiger partial charge in [0.15, 0.2) is 0 Å². The van der Waals surface area contributed by atoms with Crippen LogP contribution in [-0.2, 0) is 0 Å². The molecule has 5 heteroatoms. The molecule has 1 amide bonds. The molecule has 0 unspecified atom stereocenters. The van der Waals surface area contributed by atoms with Crippen LogP contribution in [0, 0.1) is 13.8 Å². The Balaban J connectivity index is 1.72. The van der Waals surface area contributed by atoms with E-state index in [-0.39, 0.29) is 5.91 Å². The second-order valence-electron chi connectivity index (χ2n) is 6.22. The number of nitrogen functional groups attached to an aromatic ring is 1. The maximum absolute atomic E-state index is 12.4. The van der Waals surface area contributed by atoms with Crippen molar-refractivity contribution in [3.8, 4) is 0 Å². The second kappa shape index (κ2) is 6.71. The predicted octanol–water partition coefficient (Wildman–Crippen LogP) is 4.12. The molecule has 0 radical (unpaired) electrons. The molecule has 23 heavy (non-hydrogen) atoms. The molecule has 0 saturated heterocycles. The van der Waals surface area contributed by atoms with Crippen molar-refractivity contribution in [1.82, 2.24) is 10.3 Å². The highest BCUT2D eigenvalue weighted by Gasteiger charge is 2.18. The normalized spacial score (nSPS) is 14.8. The molecule has 0 aromatic carbocycles. The van der Waals surface area contributed by atoms with E-state index in [1.807, 2.05) is 19.9 Å². The van der Waals surface area contributed by atoms with Crippen LogP contribution in [0.25, 0.3) is 10.2 Å². The summed E-state index contributed by atoms with van der Waals surface area (Å²) in [5.74, 6) is -0.0843. The molecule has 0 fully saturated rings. The first-order valence-electron chi connectivity index (χ1n) is 8.18. The number of hydrogen-bond donors (Lipinski definition) is 2. The van der Waals surface area contributed by atoms with E-state index in [0.29, 0.717) is 17.1 Å². The van der Waals surface area contributed by atoms with Crippen molar-refractivity contribution in [2.45, 2.75) is 46.0 Å². The zero-order chi connectivity index (χ0) is 16.4. The Kier molecular flexibility index (Phi) is 4.66. The molecule has 0 bridgehead atoms. The Hall–Kier alpha value is -1.88. The largest absolute Gasteiger partial charge is 0.397 e. The molecule has 2 aromatic rings. The van der Waals surface area contributed by atoms with E-state index in [4.69, 9.17) is 5.73 Å². The molecule has 0 aliphatic heterocycles. The number of anilines is 1. The highest BCUT2D eigenvalue weighted by Crippen LogP contribution is 2.34. The minimum Gasteiger partial charge on any atom is -0.397 e. The lowest BCUT2D eigenvalue weighted by Crippen LogP contribution is -2.24. The first-order chi connectivity index (χ1) is 11.1. The van der Waals surface area contributed by atoms with E-state index < -0.39 is 0 Å². The van der Waals surface area contributed by atoms with Gasteiger partial charge in [0.05, 0.1) is 5.69 Å². The number of carbonyl (C=O) groups excluding carboxylic acids is 1. The number of nitrogens with one attached hydrogen (secondary N) is 1. The van der Waals surface area contributed by atoms with E-state index in [2.05, 4.69) is 16.4 Å². The molecule has 122 valence electrons. The number of aryl methyl sites for hydroxylation is 2. The molecule has 2 heterocycles. The number of thiophene rings is 1. The van der Waals surface area contributed by atoms with E-state index in [1.54, 1.807) is 0 Å². The van der Waals surface area contributed by atoms with Gasteiger partial charge >= 0.3 is 0 Å². The minimum atomic E-state index is -0.0843. The van der Waals surface area contributed by atoms with Gasteiger partial charge in [-0.1, -0.05) is 11.6 Å². The number of amides is 1. The maximum Gasteiger partial charge on any atom is 0.263 e. The van der Waals surface area contributed by atoms with Crippen molar-refractivity contribution in [3.05, 3.63) is 33.9 Å². The predicted molar refractivity (Wildman–Crippen MR) is 97.0 cm³/mol. The Bertz CT molecular complexity index is 776. The number of rotatable bonds is 4. The van der Waals surface area contributed by atoms with Crippen LogP contribution in [0.2, 0.25) is 0 Å². The standard InChI is InChI=1S/C18H23N3OS/c1-11-10-12(2)21-18-14(11)15(19)16(23-18)17(22)20-9-8-13-6-4-3-5-7-13/h6,10H,3-5,7-9,19H2,1-2H3,(H,20,22). The number of hydrogen-bond acceptors (Lipinski definition) is 4. The monoisotopic (exact) mass is 329 g/mol. The fourth-order valence-electron chi connectivity index (χ4n) is 3.19. The third-order valence-electron chi connectivity index (χ3n) is 4.35. The van der Waals surface area contributed by atoms with Gasteiger partial charge in [0, 0.05) is 17.6 Å². The van der Waals surface area contributed by atoms with E-state index >= 15 is 0 Å². The molecular formula is C18H23N3OS. The summed E-state index contributed by atoms with van der Waals surface area (Å²) in [6, 6.07) is 2.00. The van der Waals surface area contributed by atoms with Crippen LogP contribution in [0.4, 0.5) is 5.69 Å². The maximum atomic E-state index is 12.4. The average Bonchev–Trinajstić information content (AvgIpc) is 2.85. The summed E-state index contributed by atoms with van der Waals surface area (Å²) in [5, 5.41) is 3.92. The summed E-state index contributed by atoms with van der Waals surface area (Å²) in [5.41, 5.74) is 10.3. The zero-order valence-electron chi connectivity index (χ0n) is 13.7. The lowest BCUT2D eigenvalue weighted by Gasteiger charge is -2.12. The Labute approximate surface area is 140 Å². The molecule has 0 saturated carbocycles. The highest BCUT2D eigenvalue weighted by atomic mass is 32.1. The number of allylic oxidation sites excluding steroid dienone is 1. The Morgan fingerprint density at radius 2 is 2.22 bits per heavy atom. The summed E-state index contributed by atoms with van der Waals surface area (Å²) >= 11 is 1.38. The van der Waals surface area contributed by atoms with Crippen LogP contribution in [0.5, 0.6) is 0 Å². The summed E-state index contributed by atoms with van der Waals surface area (Å²) < 4.78 is 0. The first-order valence-corrected chi connectivity index (χ1v) is 9.00. The van der Waals surface area contributed by atoms with Gasteiger partial charge in [0.25, 0.3) is 5.91 Å². The van der Waals surface area contributed by atoms with Crippen LogP contribution in [-0.4, -0.2) is 17.4 Å². The van der Waals surface area contributed by atoms with Crippen LogP contribution in [0.1, 0.15) is 53.0 Å². The molecule has 4 nitrogen and oxygen atoms in total. The van der Waals surface area contributed by atoms with Crippen LogP contribution in [0.15, 0.2) is 17.7 Å². The van der Waals surface area contributed by atoms with Gasteiger partial charge in [-0.3, -0.25) is 4.79 Å². The zero-order valence-corrected chi connectivity index (χ0v) is 14.6. The average molecular weight is 329 g/mol. The molecule has 0 atom stereocenters. The lowest BCUT2D eigenvalue weighted by molar-refractivity contribution is 0.0959. The van der Waals surface area contributed by atoms with Gasteiger partial charge in [-0.2, -0.15) is 0 Å². The van der Waals surface area contributed by atoms with Gasteiger partial charge in [0.2, 0.25) is 0 Å². The van der Waals surface area contributed by atoms with Gasteiger partial charge in [-0.15, -0.1) is 11.3 Å². The number of pyridine rings is 1. The molecule has 0 spiro atoms. The third-order valence-corrected chi connectivity index (χ3v) is 5.45. The Morgan fingerprint density at radius 1 is 1.39 bits per heavy atom. The topological polar surface area (TPSA) is 68.0 Å². The molecule has 3 N–H and O–H groups in total. The summed E-state index contributed by atoms with van der Waals surface area (Å²) in [7, 11) is 0. The summed E-state index contributed by atoms with van der Waals surface area (Å²) in [6.45, 7) is 4.64. The van der Waals surface area contributed by atoms with Crippen molar-refractivity contribution < 1.29 is 4.79 Å². The summed E-state index contributed by atoms with van der Waals surface area (Å²) in [4.78, 5) is 18.4. The van der Waals surface area contributed by atoms with Gasteiger partial charge in [-0.25, -0.2) is 4.98 Å². The molecule has 3 rings (SSSR count). The lowest BCUT2D eigenvalue weighted by atomic mass is 9.97. The third kappa shape index (κ3) is 3.39. The van der Waals surface area contributed by atoms with Gasteiger partial charge in [-0.05, 0) is 57.6 Å². The SMILES string of the molecule is Cc1cc(C)c2c(N)c(C(=O)NCCC3=CCCCC3)sc2n1. The quantitative estimate of drug-likeness (QED) is 0.829. The van der Waals surface area contributed by atoms with Crippen molar-refractivity contribution in [3.63, 3.8) is 0 Å². The smallest absolute Gasteiger partial charge is 0.263 e. The molecule has 2 aromatic heterocycles. The highest BCUT2D eigenvalue weighted by molar-refractivity contribution is 7.21. The fraction of sp³-hybridized carbons (Fsp3) is 0.444. The fourth-order valence-corrected chi connectivity index (χ4v) is 4.32. The van der Waals surface area contributed by atoms with Gasteiger partial charge in [0.1, 0.15) is 9.71 Å². The van der Waals surface area contributed by atoms with Crippen LogP contribution >= 0.6 is 11.3 Å². The summed E-state index contributed by atoms with van der Waals surface area (Å²) in [6.07, 6.45) is 8.17. The van der Waals surface area contributed by atoms with Crippen LogP contribution in [0.3, 0.4) is 0 Å². The van der Waals surface area contributed by atoms with E-state index in [1.165, 1.54) is 42.6 Å². The molecular weight excluding hydrogens is 306 g/mol.